The van der Waals surface area contributed by atoms with Gasteiger partial charge in [0.2, 0.25) is 0 Å². The fraction of sp³-hybridized carbons (Fsp3) is 0.280. The Morgan fingerprint density at radius 3 is 2.03 bits per heavy atom. The van der Waals surface area contributed by atoms with Crippen LogP contribution in [0.5, 0.6) is 5.75 Å². The van der Waals surface area contributed by atoms with Crippen LogP contribution < -0.4 is 4.74 Å². The molecule has 156 valence electrons. The summed E-state index contributed by atoms with van der Waals surface area (Å²) in [5, 5.41) is 11.0. The van der Waals surface area contributed by atoms with Gasteiger partial charge in [-0.05, 0) is 62.4 Å². The molecule has 0 aliphatic heterocycles. The summed E-state index contributed by atoms with van der Waals surface area (Å²) in [7, 11) is 0. The lowest BCUT2D eigenvalue weighted by Crippen LogP contribution is -2.44. The predicted molar refractivity (Wildman–Crippen MR) is 119 cm³/mol. The molecule has 0 aliphatic rings. The van der Waals surface area contributed by atoms with Gasteiger partial charge in [-0.15, -0.1) is 0 Å². The predicted octanol–water partition coefficient (Wildman–Crippen LogP) is 5.23. The highest BCUT2D eigenvalue weighted by atomic mass is 16.5. The van der Waals surface area contributed by atoms with Gasteiger partial charge in [0.05, 0.1) is 5.56 Å². The minimum Gasteiger partial charge on any atom is -0.483 e. The Morgan fingerprint density at radius 1 is 0.867 bits per heavy atom. The maximum Gasteiger partial charge on any atom is 0.335 e. The number of aromatic carboxylic acids is 1. The number of ether oxygens (including phenoxy) is 1. The van der Waals surface area contributed by atoms with Crippen LogP contribution in [0, 0.1) is 0 Å². The molecule has 3 rings (SSSR count). The largest absolute Gasteiger partial charge is 0.483 e. The van der Waals surface area contributed by atoms with E-state index in [1.54, 1.807) is 24.3 Å². The first-order valence-corrected chi connectivity index (χ1v) is 10.1. The van der Waals surface area contributed by atoms with E-state index in [-0.39, 0.29) is 30.2 Å². The van der Waals surface area contributed by atoms with E-state index in [0.29, 0.717) is 5.75 Å². The van der Waals surface area contributed by atoms with Gasteiger partial charge in [-0.3, -0.25) is 4.79 Å². The maximum atomic E-state index is 12.7. The van der Waals surface area contributed by atoms with Gasteiger partial charge < -0.3 is 14.7 Å². The summed E-state index contributed by atoms with van der Waals surface area (Å²) in [6.45, 7) is 7.97. The monoisotopic (exact) mass is 405 g/mol. The molecule has 0 heterocycles. The van der Waals surface area contributed by atoms with E-state index in [9.17, 15) is 9.59 Å². The van der Waals surface area contributed by atoms with Crippen LogP contribution in [-0.4, -0.2) is 40.6 Å². The smallest absolute Gasteiger partial charge is 0.335 e. The van der Waals surface area contributed by atoms with Crippen molar-refractivity contribution in [3.8, 4) is 16.9 Å². The number of benzene rings is 3. The third-order valence-electron chi connectivity index (χ3n) is 5.08. The van der Waals surface area contributed by atoms with Crippen LogP contribution in [0.1, 0.15) is 38.1 Å². The van der Waals surface area contributed by atoms with Gasteiger partial charge in [0, 0.05) is 17.5 Å². The molecule has 5 heteroatoms. The number of carbonyl (C=O) groups excluding carboxylic acids is 1. The van der Waals surface area contributed by atoms with Crippen molar-refractivity contribution in [3.05, 3.63) is 66.2 Å². The molecule has 0 aliphatic carbocycles. The highest BCUT2D eigenvalue weighted by molar-refractivity contribution is 6.00. The first-order chi connectivity index (χ1) is 14.3. The van der Waals surface area contributed by atoms with E-state index in [1.165, 1.54) is 0 Å². The molecule has 5 nitrogen and oxygen atoms in total. The fourth-order valence-corrected chi connectivity index (χ4v) is 3.83. The first kappa shape index (κ1) is 21.4. The molecule has 0 fully saturated rings. The lowest BCUT2D eigenvalue weighted by atomic mass is 9.97. The molecule has 3 aromatic rings. The van der Waals surface area contributed by atoms with E-state index < -0.39 is 5.97 Å². The Labute approximate surface area is 176 Å². The number of amides is 1. The highest BCUT2D eigenvalue weighted by Gasteiger charge is 2.21. The van der Waals surface area contributed by atoms with Crippen molar-refractivity contribution in [1.29, 1.82) is 0 Å². The average molecular weight is 405 g/mol. The van der Waals surface area contributed by atoms with Crippen LogP contribution in [-0.2, 0) is 4.79 Å². The number of rotatable bonds is 7. The molecule has 0 atom stereocenters. The summed E-state index contributed by atoms with van der Waals surface area (Å²) in [6, 6.07) is 18.7. The van der Waals surface area contributed by atoms with Crippen molar-refractivity contribution < 1.29 is 19.4 Å². The van der Waals surface area contributed by atoms with Crippen LogP contribution in [0.3, 0.4) is 0 Å². The number of hydrogen-bond acceptors (Lipinski definition) is 3. The molecular weight excluding hydrogens is 378 g/mol. The van der Waals surface area contributed by atoms with Gasteiger partial charge in [0.25, 0.3) is 5.91 Å². The Morgan fingerprint density at radius 2 is 1.47 bits per heavy atom. The SMILES string of the molecule is CC(C)N(C(=O)COc1ccc(-c2ccc(C(=O)O)cc2)c2ccccc12)C(C)C. The second kappa shape index (κ2) is 8.99. The molecule has 30 heavy (non-hydrogen) atoms. The summed E-state index contributed by atoms with van der Waals surface area (Å²) in [6.07, 6.45) is 0. The van der Waals surface area contributed by atoms with Gasteiger partial charge in [-0.1, -0.05) is 42.5 Å². The molecule has 0 bridgehead atoms. The maximum absolute atomic E-state index is 12.7. The van der Waals surface area contributed by atoms with Gasteiger partial charge in [0.15, 0.2) is 6.61 Å². The standard InChI is InChI=1S/C25H27NO4/c1-16(2)26(17(3)4)24(27)15-30-23-14-13-20(21-7-5-6-8-22(21)23)18-9-11-19(12-10-18)25(28)29/h5-14,16-17H,15H2,1-4H3,(H,28,29). The van der Waals surface area contributed by atoms with Crippen molar-refractivity contribution in [3.63, 3.8) is 0 Å². The summed E-state index contributed by atoms with van der Waals surface area (Å²) in [4.78, 5) is 25.6. The molecule has 3 aromatic carbocycles. The van der Waals surface area contributed by atoms with Crippen LogP contribution in [0.2, 0.25) is 0 Å². The Hall–Kier alpha value is -3.34. The molecule has 0 saturated carbocycles. The van der Waals surface area contributed by atoms with E-state index in [1.807, 2.05) is 69.0 Å². The summed E-state index contributed by atoms with van der Waals surface area (Å²) >= 11 is 0. The van der Waals surface area contributed by atoms with Gasteiger partial charge >= 0.3 is 5.97 Å². The van der Waals surface area contributed by atoms with Crippen LogP contribution in [0.15, 0.2) is 60.7 Å². The van der Waals surface area contributed by atoms with E-state index in [2.05, 4.69) is 0 Å². The number of fused-ring (bicyclic) bond motifs is 1. The highest BCUT2D eigenvalue weighted by Crippen LogP contribution is 2.34. The lowest BCUT2D eigenvalue weighted by molar-refractivity contribution is -0.136. The second-order valence-electron chi connectivity index (χ2n) is 7.82. The Kier molecular flexibility index (Phi) is 6.40. The van der Waals surface area contributed by atoms with Crippen molar-refractivity contribution in [2.45, 2.75) is 39.8 Å². The van der Waals surface area contributed by atoms with Gasteiger partial charge in [0.1, 0.15) is 5.75 Å². The third-order valence-corrected chi connectivity index (χ3v) is 5.08. The number of carbonyl (C=O) groups is 2. The van der Waals surface area contributed by atoms with Gasteiger partial charge in [-0.2, -0.15) is 0 Å². The minimum atomic E-state index is -0.948. The summed E-state index contributed by atoms with van der Waals surface area (Å²) in [5.74, 6) is -0.341. The average Bonchev–Trinajstić information content (AvgIpc) is 2.71. The molecule has 1 amide bonds. The normalized spacial score (nSPS) is 11.1. The van der Waals surface area contributed by atoms with Crippen LogP contribution in [0.25, 0.3) is 21.9 Å². The lowest BCUT2D eigenvalue weighted by Gasteiger charge is -2.30. The quantitative estimate of drug-likeness (QED) is 0.584. The Bertz CT molecular complexity index is 1050. The second-order valence-corrected chi connectivity index (χ2v) is 7.82. The number of nitrogens with zero attached hydrogens (tertiary/aromatic N) is 1. The first-order valence-electron chi connectivity index (χ1n) is 10.1. The van der Waals surface area contributed by atoms with E-state index >= 15 is 0 Å². The molecule has 0 saturated heterocycles. The molecular formula is C25H27NO4. The summed E-state index contributed by atoms with van der Waals surface area (Å²) in [5.41, 5.74) is 2.15. The van der Waals surface area contributed by atoms with E-state index in [0.717, 1.165) is 21.9 Å². The van der Waals surface area contributed by atoms with Crippen LogP contribution in [0.4, 0.5) is 0 Å². The molecule has 0 aromatic heterocycles. The van der Waals surface area contributed by atoms with Gasteiger partial charge in [-0.25, -0.2) is 4.79 Å². The van der Waals surface area contributed by atoms with Crippen molar-refractivity contribution in [2.75, 3.05) is 6.61 Å². The van der Waals surface area contributed by atoms with Crippen molar-refractivity contribution in [2.24, 2.45) is 0 Å². The number of carboxylic acids is 1. The Balaban J connectivity index is 1.91. The molecule has 0 radical (unpaired) electrons. The molecule has 1 N–H and O–H groups in total. The molecule has 0 spiro atoms. The van der Waals surface area contributed by atoms with Crippen LogP contribution >= 0.6 is 0 Å². The van der Waals surface area contributed by atoms with Crippen molar-refractivity contribution >= 4 is 22.6 Å². The zero-order chi connectivity index (χ0) is 21.8. The van der Waals surface area contributed by atoms with Crippen molar-refractivity contribution in [1.82, 2.24) is 4.90 Å². The zero-order valence-electron chi connectivity index (χ0n) is 17.8. The minimum absolute atomic E-state index is 0.0208. The number of carboxylic acid groups (broad SMARTS) is 1. The fourth-order valence-electron chi connectivity index (χ4n) is 3.83. The van der Waals surface area contributed by atoms with E-state index in [4.69, 9.17) is 9.84 Å². The molecule has 0 unspecified atom stereocenters. The summed E-state index contributed by atoms with van der Waals surface area (Å²) < 4.78 is 5.93. The number of hydrogen-bond donors (Lipinski definition) is 1. The topological polar surface area (TPSA) is 66.8 Å². The third kappa shape index (κ3) is 4.46. The zero-order valence-corrected chi connectivity index (χ0v) is 17.8.